The van der Waals surface area contributed by atoms with E-state index in [1.165, 1.54) is 6.08 Å². The van der Waals surface area contributed by atoms with E-state index in [0.717, 1.165) is 5.57 Å². The highest BCUT2D eigenvalue weighted by Gasteiger charge is 2.44. The number of aromatic nitrogens is 2. The Morgan fingerprint density at radius 2 is 2.00 bits per heavy atom. The second-order valence-electron chi connectivity index (χ2n) is 9.93. The maximum absolute atomic E-state index is 12.4. The molecule has 1 aromatic rings. The summed E-state index contributed by atoms with van der Waals surface area (Å²) in [6.07, 6.45) is 7.41. The van der Waals surface area contributed by atoms with Crippen LogP contribution in [0.5, 0.6) is 0 Å². The summed E-state index contributed by atoms with van der Waals surface area (Å²) in [5.74, 6) is 0.116. The summed E-state index contributed by atoms with van der Waals surface area (Å²) in [7, 11) is -2.04. The number of nitrogens with zero attached hydrogens (tertiary/aromatic N) is 1. The Hall–Kier alpha value is -2.19. The number of ether oxygens (including phenoxy) is 1. The number of aryl methyl sites for hydroxylation is 1. The van der Waals surface area contributed by atoms with Gasteiger partial charge in [-0.2, -0.15) is 0 Å². The number of carbonyl (C=O) groups excluding carboxylic acids is 1. The van der Waals surface area contributed by atoms with E-state index < -0.39 is 20.0 Å². The van der Waals surface area contributed by atoms with Crippen molar-refractivity contribution in [3.8, 4) is 0 Å². The first-order chi connectivity index (χ1) is 14.8. The molecule has 2 rings (SSSR count). The molecule has 0 aromatic carbocycles. The molecular formula is C24H38N2O5Si. The lowest BCUT2D eigenvalue weighted by Gasteiger charge is -2.43. The van der Waals surface area contributed by atoms with Crippen molar-refractivity contribution in [3.05, 3.63) is 56.4 Å². The summed E-state index contributed by atoms with van der Waals surface area (Å²) in [4.78, 5) is 38.4. The second kappa shape index (κ2) is 10.2. The summed E-state index contributed by atoms with van der Waals surface area (Å²) in [6.45, 7) is 17.7. The summed E-state index contributed by atoms with van der Waals surface area (Å²) >= 11 is 0. The average molecular weight is 463 g/mol. The number of nitrogens with one attached hydrogen (secondary N) is 1. The van der Waals surface area contributed by atoms with Crippen LogP contribution in [-0.2, 0) is 14.0 Å². The van der Waals surface area contributed by atoms with E-state index in [1.54, 1.807) is 30.7 Å². The van der Waals surface area contributed by atoms with E-state index in [0.29, 0.717) is 31.1 Å². The van der Waals surface area contributed by atoms with Crippen LogP contribution in [0.1, 0.15) is 52.6 Å². The van der Waals surface area contributed by atoms with Crippen LogP contribution in [0, 0.1) is 18.8 Å². The molecule has 0 bridgehead atoms. The third-order valence-electron chi connectivity index (χ3n) is 7.22. The van der Waals surface area contributed by atoms with Gasteiger partial charge in [0, 0.05) is 30.4 Å². The van der Waals surface area contributed by atoms with Crippen LogP contribution in [0.25, 0.3) is 0 Å². The number of aromatic amines is 1. The predicted molar refractivity (Wildman–Crippen MR) is 129 cm³/mol. The number of H-pyrrole nitrogens is 1. The van der Waals surface area contributed by atoms with Crippen molar-refractivity contribution in [2.45, 2.75) is 72.1 Å². The van der Waals surface area contributed by atoms with Crippen molar-refractivity contribution >= 4 is 14.3 Å². The quantitative estimate of drug-likeness (QED) is 0.339. The van der Waals surface area contributed by atoms with Gasteiger partial charge in [-0.15, -0.1) is 0 Å². The highest BCUT2D eigenvalue weighted by molar-refractivity contribution is 6.74. The van der Waals surface area contributed by atoms with Crippen molar-refractivity contribution in [3.63, 3.8) is 0 Å². The van der Waals surface area contributed by atoms with Gasteiger partial charge < -0.3 is 9.16 Å². The van der Waals surface area contributed by atoms with Gasteiger partial charge in [0.2, 0.25) is 0 Å². The van der Waals surface area contributed by atoms with Crippen LogP contribution in [0.15, 0.2) is 39.6 Å². The van der Waals surface area contributed by atoms with E-state index in [-0.39, 0.29) is 22.6 Å². The van der Waals surface area contributed by atoms with E-state index in [4.69, 9.17) is 9.16 Å². The first-order valence-corrected chi connectivity index (χ1v) is 14.2. The third-order valence-corrected chi connectivity index (χ3v) is 11.8. The highest BCUT2D eigenvalue weighted by atomic mass is 28.4. The Bertz CT molecular complexity index is 1000. The molecule has 32 heavy (non-hydrogen) atoms. The van der Waals surface area contributed by atoms with Gasteiger partial charge in [0.15, 0.2) is 8.32 Å². The molecule has 7 nitrogen and oxygen atoms in total. The van der Waals surface area contributed by atoms with Gasteiger partial charge in [0.25, 0.3) is 5.56 Å². The Kier molecular flexibility index (Phi) is 8.28. The topological polar surface area (TPSA) is 90.4 Å². The number of carbonyl (C=O) groups is 1. The Balaban J connectivity index is 2.32. The van der Waals surface area contributed by atoms with Gasteiger partial charge in [0.05, 0.1) is 12.6 Å². The highest BCUT2D eigenvalue weighted by Crippen LogP contribution is 2.45. The minimum atomic E-state index is -2.04. The zero-order valence-electron chi connectivity index (χ0n) is 20.7. The lowest BCUT2D eigenvalue weighted by atomic mass is 9.99. The molecule has 178 valence electrons. The summed E-state index contributed by atoms with van der Waals surface area (Å²) in [5.41, 5.74) is 0.603. The first kappa shape index (κ1) is 26.1. The summed E-state index contributed by atoms with van der Waals surface area (Å²) in [5, 5.41) is 0.0859. The van der Waals surface area contributed by atoms with E-state index in [9.17, 15) is 14.4 Å². The van der Waals surface area contributed by atoms with Crippen molar-refractivity contribution in [1.82, 2.24) is 9.55 Å². The summed E-state index contributed by atoms with van der Waals surface area (Å²) in [6, 6.07) is -0.226. The molecule has 8 heteroatoms. The molecule has 0 fully saturated rings. The van der Waals surface area contributed by atoms with Gasteiger partial charge in [-0.05, 0) is 49.9 Å². The normalized spacial score (nSPS) is 19.6. The van der Waals surface area contributed by atoms with Crippen LogP contribution >= 0.6 is 0 Å². The molecule has 0 spiro atoms. The standard InChI is InChI=1S/C24H38N2O5Si/c1-9-30-21(27)11-10-18-12-20(26-14-17(4)22(28)25-23(26)29)13-19(18)15-31-32(7,8)24(5,6)16(2)3/h10-12,14,16,19-20H,9,13,15H2,1-8H3,(H,25,28,29). The molecule has 2 atom stereocenters. The molecule has 0 amide bonds. The molecule has 1 N–H and O–H groups in total. The molecular weight excluding hydrogens is 424 g/mol. The van der Waals surface area contributed by atoms with Crippen molar-refractivity contribution in [2.75, 3.05) is 13.2 Å². The Morgan fingerprint density at radius 3 is 2.59 bits per heavy atom. The third kappa shape index (κ3) is 5.78. The van der Waals surface area contributed by atoms with Crippen LogP contribution in [0.4, 0.5) is 0 Å². The van der Waals surface area contributed by atoms with Crippen LogP contribution in [0.3, 0.4) is 0 Å². The molecule has 2 unspecified atom stereocenters. The number of rotatable bonds is 9. The van der Waals surface area contributed by atoms with E-state index >= 15 is 0 Å². The van der Waals surface area contributed by atoms with Gasteiger partial charge in [-0.3, -0.25) is 14.3 Å². The zero-order chi connectivity index (χ0) is 24.3. The number of hydrogen-bond acceptors (Lipinski definition) is 5. The summed E-state index contributed by atoms with van der Waals surface area (Å²) < 4.78 is 13.1. The molecule has 1 heterocycles. The monoisotopic (exact) mass is 462 g/mol. The smallest absolute Gasteiger partial charge is 0.330 e. The minimum Gasteiger partial charge on any atom is -0.463 e. The van der Waals surface area contributed by atoms with Gasteiger partial charge in [-0.25, -0.2) is 9.59 Å². The second-order valence-corrected chi connectivity index (χ2v) is 14.5. The molecule has 0 saturated carbocycles. The maximum Gasteiger partial charge on any atom is 0.330 e. The first-order valence-electron chi connectivity index (χ1n) is 11.3. The van der Waals surface area contributed by atoms with Crippen LogP contribution in [-0.4, -0.2) is 37.1 Å². The zero-order valence-corrected chi connectivity index (χ0v) is 21.7. The molecule has 0 radical (unpaired) electrons. The lowest BCUT2D eigenvalue weighted by molar-refractivity contribution is -0.137. The van der Waals surface area contributed by atoms with E-state index in [2.05, 4.69) is 45.8 Å². The van der Waals surface area contributed by atoms with Crippen LogP contribution < -0.4 is 11.2 Å². The molecule has 1 aromatic heterocycles. The SMILES string of the molecule is CCOC(=O)C=CC1=CC(n2cc(C)c(=O)[nH]c2=O)CC1CO[Si](C)(C)C(C)(C)C(C)C. The van der Waals surface area contributed by atoms with Gasteiger partial charge >= 0.3 is 11.7 Å². The van der Waals surface area contributed by atoms with Crippen molar-refractivity contribution < 1.29 is 14.0 Å². The number of hydrogen-bond donors (Lipinski definition) is 1. The molecule has 0 saturated heterocycles. The maximum atomic E-state index is 12.4. The molecule has 1 aliphatic rings. The van der Waals surface area contributed by atoms with Gasteiger partial charge in [-0.1, -0.05) is 39.8 Å². The molecule has 1 aliphatic carbocycles. The van der Waals surface area contributed by atoms with Crippen molar-refractivity contribution in [2.24, 2.45) is 11.8 Å². The fourth-order valence-electron chi connectivity index (χ4n) is 3.78. The average Bonchev–Trinajstić information content (AvgIpc) is 3.10. The Morgan fingerprint density at radius 1 is 1.34 bits per heavy atom. The fraction of sp³-hybridized carbons (Fsp3) is 0.625. The molecule has 0 aliphatic heterocycles. The minimum absolute atomic E-state index is 0.0274. The van der Waals surface area contributed by atoms with Gasteiger partial charge in [0.1, 0.15) is 0 Å². The number of esters is 1. The largest absolute Gasteiger partial charge is 0.463 e. The number of allylic oxidation sites excluding steroid dienone is 2. The van der Waals surface area contributed by atoms with E-state index in [1.807, 2.05) is 6.08 Å². The Labute approximate surface area is 191 Å². The van der Waals surface area contributed by atoms with Crippen molar-refractivity contribution in [1.29, 1.82) is 0 Å². The predicted octanol–water partition coefficient (Wildman–Crippen LogP) is 4.11. The lowest BCUT2D eigenvalue weighted by Crippen LogP contribution is -2.46. The van der Waals surface area contributed by atoms with Crippen LogP contribution in [0.2, 0.25) is 18.1 Å². The fourth-order valence-corrected chi connectivity index (χ4v) is 6.16.